The Hall–Kier alpha value is -2.10. The average Bonchev–Trinajstić information content (AvgIpc) is 3.00. The van der Waals surface area contributed by atoms with Crippen molar-refractivity contribution in [1.82, 2.24) is 14.9 Å². The monoisotopic (exact) mass is 406 g/mol. The third-order valence-electron chi connectivity index (χ3n) is 4.28. The van der Waals surface area contributed by atoms with E-state index in [1.54, 1.807) is 30.3 Å². The highest BCUT2D eigenvalue weighted by Gasteiger charge is 2.57. The van der Waals surface area contributed by atoms with E-state index in [1.165, 1.54) is 20.2 Å². The predicted molar refractivity (Wildman–Crippen MR) is 96.0 cm³/mol. The minimum Gasteiger partial charge on any atom is -0.374 e. The van der Waals surface area contributed by atoms with Crippen molar-refractivity contribution in [3.63, 3.8) is 0 Å². The molecule has 150 valence electrons. The van der Waals surface area contributed by atoms with Gasteiger partial charge in [0.15, 0.2) is 0 Å². The summed E-state index contributed by atoms with van der Waals surface area (Å²) in [6.07, 6.45) is -3.28. The molecule has 1 aromatic carbocycles. The van der Waals surface area contributed by atoms with Gasteiger partial charge in [0.2, 0.25) is 11.5 Å². The van der Waals surface area contributed by atoms with Crippen molar-refractivity contribution in [1.29, 1.82) is 0 Å². The zero-order valence-corrected chi connectivity index (χ0v) is 15.6. The summed E-state index contributed by atoms with van der Waals surface area (Å²) in [5, 5.41) is 12.6. The highest BCUT2D eigenvalue weighted by atomic mass is 35.5. The number of hydrogen-bond acceptors (Lipinski definition) is 4. The largest absolute Gasteiger partial charge is 0.424 e. The summed E-state index contributed by atoms with van der Waals surface area (Å²) in [5.74, 6) is -1.19. The van der Waals surface area contributed by atoms with Crippen LogP contribution in [0.15, 0.2) is 42.7 Å². The van der Waals surface area contributed by atoms with Gasteiger partial charge in [-0.05, 0) is 12.5 Å². The van der Waals surface area contributed by atoms with Crippen LogP contribution in [0.25, 0.3) is 0 Å². The molecule has 1 heterocycles. The van der Waals surface area contributed by atoms with E-state index in [4.69, 9.17) is 5.73 Å². The summed E-state index contributed by atoms with van der Waals surface area (Å²) < 4.78 is 41.4. The molecule has 2 rings (SSSR count). The lowest BCUT2D eigenvalue weighted by Crippen LogP contribution is -2.51. The first kappa shape index (κ1) is 22.9. The molecule has 2 atom stereocenters. The molecule has 4 N–H and O–H groups in total. The van der Waals surface area contributed by atoms with Crippen LogP contribution >= 0.6 is 12.4 Å². The molecule has 6 nitrogen and oxygen atoms in total. The van der Waals surface area contributed by atoms with Crippen molar-refractivity contribution in [2.75, 3.05) is 6.54 Å². The lowest BCUT2D eigenvalue weighted by Gasteiger charge is -2.31. The first-order chi connectivity index (χ1) is 12.0. The zero-order chi connectivity index (χ0) is 19.6. The molecule has 27 heavy (non-hydrogen) atoms. The number of rotatable bonds is 6. The van der Waals surface area contributed by atoms with Gasteiger partial charge >= 0.3 is 6.18 Å². The molecule has 0 radical (unpaired) electrons. The maximum atomic E-state index is 13.4. The van der Waals surface area contributed by atoms with E-state index >= 15 is 0 Å². The third-order valence-corrected chi connectivity index (χ3v) is 4.28. The van der Waals surface area contributed by atoms with Gasteiger partial charge in [0.1, 0.15) is 11.4 Å². The molecule has 0 fully saturated rings. The van der Waals surface area contributed by atoms with Crippen molar-refractivity contribution in [2.45, 2.75) is 30.7 Å². The summed E-state index contributed by atoms with van der Waals surface area (Å²) in [7, 11) is 1.35. The number of carbonyl (C=O) groups is 1. The summed E-state index contributed by atoms with van der Waals surface area (Å²) in [4.78, 5) is 15.9. The number of nitrogens with zero attached hydrogens (tertiary/aromatic N) is 2. The van der Waals surface area contributed by atoms with E-state index in [2.05, 4.69) is 10.3 Å². The number of imidazole rings is 1. The van der Waals surface area contributed by atoms with Gasteiger partial charge in [0, 0.05) is 32.4 Å². The van der Waals surface area contributed by atoms with Crippen LogP contribution in [-0.4, -0.2) is 33.3 Å². The highest BCUT2D eigenvalue weighted by Crippen LogP contribution is 2.40. The molecule has 0 spiro atoms. The summed E-state index contributed by atoms with van der Waals surface area (Å²) in [5.41, 5.74) is 1.94. The number of benzene rings is 1. The van der Waals surface area contributed by atoms with E-state index in [1.807, 2.05) is 0 Å². The van der Waals surface area contributed by atoms with Crippen molar-refractivity contribution in [2.24, 2.45) is 12.8 Å². The first-order valence-corrected chi connectivity index (χ1v) is 7.90. The molecule has 1 aromatic heterocycles. The fourth-order valence-electron chi connectivity index (χ4n) is 2.60. The van der Waals surface area contributed by atoms with Gasteiger partial charge in [-0.15, -0.1) is 12.4 Å². The van der Waals surface area contributed by atoms with Crippen LogP contribution in [0.1, 0.15) is 24.7 Å². The van der Waals surface area contributed by atoms with Crippen molar-refractivity contribution in [3.8, 4) is 0 Å². The molecular formula is C17H22ClF3N4O2. The molecule has 0 saturated carbocycles. The van der Waals surface area contributed by atoms with Crippen LogP contribution in [-0.2, 0) is 23.0 Å². The van der Waals surface area contributed by atoms with Gasteiger partial charge in [-0.25, -0.2) is 4.98 Å². The number of aliphatic hydroxyl groups is 1. The number of aromatic nitrogens is 2. The second-order valence-electron chi connectivity index (χ2n) is 6.29. The Morgan fingerprint density at radius 1 is 1.30 bits per heavy atom. The molecule has 2 aromatic rings. The topological polar surface area (TPSA) is 93.2 Å². The number of halogens is 4. The van der Waals surface area contributed by atoms with Gasteiger partial charge < -0.3 is 20.7 Å². The number of amides is 1. The van der Waals surface area contributed by atoms with Gasteiger partial charge in [0.05, 0.1) is 0 Å². The van der Waals surface area contributed by atoms with Crippen molar-refractivity contribution < 1.29 is 23.1 Å². The number of nitrogens with two attached hydrogens (primary N) is 1. The second kappa shape index (κ2) is 8.28. The van der Waals surface area contributed by atoms with E-state index in [0.717, 1.165) is 10.8 Å². The average molecular weight is 407 g/mol. The van der Waals surface area contributed by atoms with Crippen LogP contribution in [0.3, 0.4) is 0 Å². The second-order valence-corrected chi connectivity index (χ2v) is 6.29. The molecule has 0 aliphatic rings. The number of carbonyl (C=O) groups excluding carboxylic acids is 1. The number of nitrogens with one attached hydrogen (secondary N) is 1. The molecule has 0 aliphatic heterocycles. The predicted octanol–water partition coefficient (Wildman–Crippen LogP) is 1.97. The minimum atomic E-state index is -4.96. The lowest BCUT2D eigenvalue weighted by atomic mass is 9.92. The van der Waals surface area contributed by atoms with E-state index in [0.29, 0.717) is 5.56 Å². The summed E-state index contributed by atoms with van der Waals surface area (Å²) in [6.45, 7) is 1.04. The first-order valence-electron chi connectivity index (χ1n) is 7.90. The Morgan fingerprint density at radius 2 is 1.89 bits per heavy atom. The van der Waals surface area contributed by atoms with Crippen LogP contribution in [0, 0.1) is 0 Å². The molecule has 2 unspecified atom stereocenters. The van der Waals surface area contributed by atoms with Gasteiger partial charge in [-0.3, -0.25) is 4.79 Å². The zero-order valence-electron chi connectivity index (χ0n) is 14.8. The molecule has 0 saturated heterocycles. The van der Waals surface area contributed by atoms with Crippen LogP contribution in [0.2, 0.25) is 0 Å². The highest BCUT2D eigenvalue weighted by molar-refractivity contribution is 5.87. The smallest absolute Gasteiger partial charge is 0.374 e. The van der Waals surface area contributed by atoms with Gasteiger partial charge in [-0.1, -0.05) is 30.3 Å². The van der Waals surface area contributed by atoms with Gasteiger partial charge in [0.25, 0.3) is 0 Å². The lowest BCUT2D eigenvalue weighted by molar-refractivity contribution is -0.272. The minimum absolute atomic E-state index is 0. The van der Waals surface area contributed by atoms with Crippen LogP contribution < -0.4 is 11.1 Å². The number of hydrogen-bond donors (Lipinski definition) is 3. The Morgan fingerprint density at radius 3 is 2.37 bits per heavy atom. The summed E-state index contributed by atoms with van der Waals surface area (Å²) in [6, 6.07) is 8.47. The molecule has 0 aliphatic carbocycles. The Bertz CT molecular complexity index is 765. The molecule has 10 heteroatoms. The standard InChI is InChI=1S/C17H21F3N4O2.ClH/c1-15(21,12-6-4-3-5-7-12)14(25)23-9-8-16(26,17(18,19)20)13-22-10-11-24(13)2;/h3-7,10-11,26H,8-9,21H2,1-2H3,(H,23,25);1H. The quantitative estimate of drug-likeness (QED) is 0.683. The maximum Gasteiger partial charge on any atom is 0.424 e. The molecule has 1 amide bonds. The fourth-order valence-corrected chi connectivity index (χ4v) is 2.60. The maximum absolute atomic E-state index is 13.4. The van der Waals surface area contributed by atoms with Crippen molar-refractivity contribution in [3.05, 3.63) is 54.1 Å². The Kier molecular flexibility index (Phi) is 7.04. The van der Waals surface area contributed by atoms with Gasteiger partial charge in [-0.2, -0.15) is 13.2 Å². The summed E-state index contributed by atoms with van der Waals surface area (Å²) >= 11 is 0. The SMILES string of the molecule is Cl.Cn1ccnc1C(O)(CCNC(=O)C(C)(N)c1ccccc1)C(F)(F)F. The van der Waals surface area contributed by atoms with Crippen LogP contribution in [0.5, 0.6) is 0 Å². The Balaban J connectivity index is 0.00000364. The normalized spacial score (nSPS) is 16.0. The number of alkyl halides is 3. The van der Waals surface area contributed by atoms with Crippen molar-refractivity contribution >= 4 is 18.3 Å². The molecule has 0 bridgehead atoms. The third kappa shape index (κ3) is 4.60. The van der Waals surface area contributed by atoms with E-state index < -0.39 is 42.0 Å². The molecular weight excluding hydrogens is 385 g/mol. The van der Waals surface area contributed by atoms with Crippen LogP contribution in [0.4, 0.5) is 13.2 Å². The fraction of sp³-hybridized carbons (Fsp3) is 0.412. The Labute approximate surface area is 161 Å². The van der Waals surface area contributed by atoms with E-state index in [9.17, 15) is 23.1 Å². The number of aryl methyl sites for hydroxylation is 1. The van der Waals surface area contributed by atoms with E-state index in [-0.39, 0.29) is 12.4 Å².